The molecule has 2 unspecified atom stereocenters. The monoisotopic (exact) mass is 754 g/mol. The molecule has 4 bridgehead atoms. The minimum absolute atomic E-state index is 0.139. The number of rotatable bonds is 8. The van der Waals surface area contributed by atoms with Crippen LogP contribution in [0.3, 0.4) is 0 Å². The Labute approximate surface area is 317 Å². The van der Waals surface area contributed by atoms with Crippen LogP contribution in [-0.2, 0) is 51.3 Å². The molecule has 10 aliphatic rings. The first-order valence-electron chi connectivity index (χ1n) is 20.7. The van der Waals surface area contributed by atoms with E-state index in [-0.39, 0.29) is 58.8 Å². The van der Waals surface area contributed by atoms with Gasteiger partial charge < -0.3 is 29.2 Å². The number of hydrogen-bond donors (Lipinski definition) is 2. The summed E-state index contributed by atoms with van der Waals surface area (Å²) >= 11 is 0. The third kappa shape index (κ3) is 5.59. The normalized spacial score (nSPS) is 49.0. The van der Waals surface area contributed by atoms with Gasteiger partial charge in [0, 0.05) is 24.7 Å². The van der Waals surface area contributed by atoms with Gasteiger partial charge in [0.1, 0.15) is 0 Å². The van der Waals surface area contributed by atoms with E-state index in [1.807, 2.05) is 13.8 Å². The summed E-state index contributed by atoms with van der Waals surface area (Å²) in [5.74, 6) is -2.14. The highest BCUT2D eigenvalue weighted by Gasteiger charge is 2.70. The molecular formula is C42H58O12. The van der Waals surface area contributed by atoms with Crippen LogP contribution in [0.2, 0.25) is 0 Å². The van der Waals surface area contributed by atoms with Crippen LogP contribution in [0.5, 0.6) is 0 Å². The third-order valence-corrected chi connectivity index (χ3v) is 15.8. The number of aryl methyl sites for hydroxylation is 2. The van der Waals surface area contributed by atoms with Crippen LogP contribution < -0.4 is 0 Å². The molecule has 8 heterocycles. The summed E-state index contributed by atoms with van der Waals surface area (Å²) in [6.45, 7) is 12.9. The molecule has 12 heteroatoms. The zero-order chi connectivity index (χ0) is 37.9. The molecule has 10 fully saturated rings. The molecule has 0 aromatic heterocycles. The lowest BCUT2D eigenvalue weighted by Gasteiger charge is -2.60. The lowest BCUT2D eigenvalue weighted by atomic mass is 9.57. The summed E-state index contributed by atoms with van der Waals surface area (Å²) in [6, 6.07) is 3.15. The molecule has 16 atom stereocenters. The van der Waals surface area contributed by atoms with Gasteiger partial charge in [-0.25, -0.2) is 29.1 Å². The molecule has 11 rings (SSSR count). The van der Waals surface area contributed by atoms with Crippen LogP contribution >= 0.6 is 0 Å². The molecule has 8 saturated heterocycles. The summed E-state index contributed by atoms with van der Waals surface area (Å²) in [6.07, 6.45) is 8.42. The first-order chi connectivity index (χ1) is 25.7. The Morgan fingerprint density at radius 3 is 1.41 bits per heavy atom. The van der Waals surface area contributed by atoms with Crippen molar-refractivity contribution in [1.82, 2.24) is 0 Å². The topological polar surface area (TPSA) is 148 Å². The SMILES string of the molecule is C[C@H]1[C@@H](CCc2cc(C(=O)O)c(C(=O)O)cc2CC[C@H]2O[C@@H]3OC4(C)CC[C@H]5[C@H](C)CC[C@@H]([C@H]2C)[C@@]35OO4)O[C@@H]2OC3(C)CC[C@H]4[C@H](C)CC[C@@H]1[C@@]24OO3. The molecule has 8 aliphatic heterocycles. The lowest BCUT2D eigenvalue weighted by Crippen LogP contribution is -2.70. The molecule has 2 aliphatic carbocycles. The number of benzene rings is 1. The number of hydrogen-bond acceptors (Lipinski definition) is 10. The molecule has 12 nitrogen and oxygen atoms in total. The number of carbonyl (C=O) groups is 2. The summed E-state index contributed by atoms with van der Waals surface area (Å²) < 4.78 is 26.9. The second-order valence-corrected chi connectivity index (χ2v) is 18.7. The van der Waals surface area contributed by atoms with Gasteiger partial charge >= 0.3 is 11.9 Å². The van der Waals surface area contributed by atoms with Crippen LogP contribution in [0.25, 0.3) is 0 Å². The fraction of sp³-hybridized carbons (Fsp3) is 0.810. The molecule has 2 spiro atoms. The summed E-state index contributed by atoms with van der Waals surface area (Å²) in [4.78, 5) is 49.6. The quantitative estimate of drug-likeness (QED) is 0.254. The molecule has 1 aromatic carbocycles. The summed E-state index contributed by atoms with van der Waals surface area (Å²) in [5.41, 5.74) is -0.0861. The summed E-state index contributed by atoms with van der Waals surface area (Å²) in [7, 11) is 0. The van der Waals surface area contributed by atoms with Crippen molar-refractivity contribution in [2.75, 3.05) is 0 Å². The van der Waals surface area contributed by atoms with Crippen molar-refractivity contribution < 1.29 is 58.3 Å². The van der Waals surface area contributed by atoms with Crippen molar-refractivity contribution in [3.63, 3.8) is 0 Å². The van der Waals surface area contributed by atoms with Crippen molar-refractivity contribution >= 4 is 11.9 Å². The molecule has 0 amide bonds. The molecule has 2 N–H and O–H groups in total. The maximum absolute atomic E-state index is 12.4. The Bertz CT molecular complexity index is 1550. The van der Waals surface area contributed by atoms with Crippen molar-refractivity contribution in [2.45, 2.75) is 166 Å². The average Bonchev–Trinajstić information content (AvgIpc) is 3.51. The standard InChI is InChI=1S/C42H58O12/c1-21-7-11-31-23(3)33(47-37-41(31)29(21)15-17-39(5,49-37)51-53-41)13-9-25-19-27(35(43)44)28(36(45)46)20-26(25)10-14-34-24(4)32-12-8-22(2)30-16-18-40(6)50-38(48-34)42(30,32)54-52-40/h19-24,29-34,37-38H,7-18H2,1-6H3,(H,43,44)(H,45,46)/t21-,22-,23-,24-,29+,30+,31+,32+,33-,34-,37-,38-,39?,40?,41-,42-/m1/s1. The van der Waals surface area contributed by atoms with Crippen LogP contribution in [0, 0.1) is 47.3 Å². The van der Waals surface area contributed by atoms with Crippen molar-refractivity contribution in [3.05, 3.63) is 34.4 Å². The highest BCUT2D eigenvalue weighted by Crippen LogP contribution is 2.62. The number of carboxylic acid groups (broad SMARTS) is 2. The lowest BCUT2D eigenvalue weighted by molar-refractivity contribution is -0.571. The highest BCUT2D eigenvalue weighted by atomic mass is 17.3. The predicted molar refractivity (Wildman–Crippen MR) is 191 cm³/mol. The Balaban J connectivity index is 0.977. The Morgan fingerprint density at radius 2 is 1.02 bits per heavy atom. The highest BCUT2D eigenvalue weighted by molar-refractivity contribution is 6.02. The smallest absolute Gasteiger partial charge is 0.336 e. The molecule has 1 aromatic rings. The minimum Gasteiger partial charge on any atom is -0.478 e. The third-order valence-electron chi connectivity index (χ3n) is 15.8. The van der Waals surface area contributed by atoms with E-state index in [4.69, 9.17) is 38.5 Å². The van der Waals surface area contributed by atoms with Crippen LogP contribution in [0.4, 0.5) is 0 Å². The van der Waals surface area contributed by atoms with Gasteiger partial charge in [-0.3, -0.25) is 0 Å². The zero-order valence-electron chi connectivity index (χ0n) is 32.5. The number of ether oxygens (including phenoxy) is 4. The van der Waals surface area contributed by atoms with E-state index >= 15 is 0 Å². The molecule has 54 heavy (non-hydrogen) atoms. The second kappa shape index (κ2) is 13.2. The van der Waals surface area contributed by atoms with E-state index in [1.165, 1.54) is 0 Å². The minimum atomic E-state index is -1.26. The van der Waals surface area contributed by atoms with Crippen molar-refractivity contribution in [3.8, 4) is 0 Å². The van der Waals surface area contributed by atoms with Gasteiger partial charge in [-0.1, -0.05) is 27.7 Å². The van der Waals surface area contributed by atoms with Gasteiger partial charge in [0.25, 0.3) is 0 Å². The maximum atomic E-state index is 12.4. The Morgan fingerprint density at radius 1 is 0.611 bits per heavy atom. The van der Waals surface area contributed by atoms with Gasteiger partial charge in [0.05, 0.1) is 23.3 Å². The van der Waals surface area contributed by atoms with Crippen molar-refractivity contribution in [1.29, 1.82) is 0 Å². The Hall–Kier alpha value is -2.16. The zero-order valence-corrected chi connectivity index (χ0v) is 32.5. The number of fused-ring (bicyclic) bond motifs is 4. The number of carboxylic acids is 2. The second-order valence-electron chi connectivity index (χ2n) is 18.7. The van der Waals surface area contributed by atoms with Gasteiger partial charge in [0.2, 0.25) is 11.6 Å². The molecule has 2 saturated carbocycles. The predicted octanol–water partition coefficient (Wildman–Crippen LogP) is 7.45. The fourth-order valence-electron chi connectivity index (χ4n) is 12.7. The van der Waals surface area contributed by atoms with E-state index in [9.17, 15) is 19.8 Å². The molecule has 0 radical (unpaired) electrons. The van der Waals surface area contributed by atoms with Gasteiger partial charge in [-0.15, -0.1) is 0 Å². The first-order valence-corrected chi connectivity index (χ1v) is 20.7. The van der Waals surface area contributed by atoms with Gasteiger partial charge in [-0.2, -0.15) is 0 Å². The first kappa shape index (κ1) is 37.4. The van der Waals surface area contributed by atoms with E-state index in [2.05, 4.69) is 27.7 Å². The average molecular weight is 755 g/mol. The van der Waals surface area contributed by atoms with E-state index in [0.29, 0.717) is 37.5 Å². The van der Waals surface area contributed by atoms with E-state index < -0.39 is 47.3 Å². The maximum Gasteiger partial charge on any atom is 0.336 e. The Kier molecular flexibility index (Phi) is 9.14. The largest absolute Gasteiger partial charge is 0.478 e. The van der Waals surface area contributed by atoms with Crippen LogP contribution in [0.15, 0.2) is 12.1 Å². The van der Waals surface area contributed by atoms with E-state index in [0.717, 1.165) is 62.5 Å². The fourth-order valence-corrected chi connectivity index (χ4v) is 12.7. The molecule has 298 valence electrons. The summed E-state index contributed by atoms with van der Waals surface area (Å²) in [5, 5.41) is 20.3. The van der Waals surface area contributed by atoms with Gasteiger partial charge in [0.15, 0.2) is 23.8 Å². The van der Waals surface area contributed by atoms with E-state index in [1.54, 1.807) is 12.1 Å². The molecular weight excluding hydrogens is 696 g/mol. The number of aromatic carboxylic acids is 2. The van der Waals surface area contributed by atoms with Crippen molar-refractivity contribution in [2.24, 2.45) is 47.3 Å². The van der Waals surface area contributed by atoms with Crippen LogP contribution in [-0.4, -0.2) is 69.7 Å². The van der Waals surface area contributed by atoms with Crippen LogP contribution in [0.1, 0.15) is 138 Å². The van der Waals surface area contributed by atoms with Gasteiger partial charge in [-0.05, 0) is 137 Å².